The maximum Gasteiger partial charge on any atom is 0.0629 e. The first-order valence-electron chi connectivity index (χ1n) is 19.1. The topological polar surface area (TPSA) is 11.4 Å². The number of allylic oxidation sites excluding steroid dienone is 2. The Morgan fingerprint density at radius 3 is 1.95 bits per heavy atom. The van der Waals surface area contributed by atoms with Gasteiger partial charge in [-0.15, -0.1) is 0 Å². The number of hydrogen-bond acceptors (Lipinski definition) is 2. The van der Waals surface area contributed by atoms with E-state index >= 15 is 0 Å². The van der Waals surface area contributed by atoms with Crippen LogP contribution in [0.1, 0.15) is 11.5 Å². The van der Waals surface area contributed by atoms with E-state index in [-0.39, 0.29) is 6.04 Å². The summed E-state index contributed by atoms with van der Waals surface area (Å²) in [6.45, 7) is 0. The van der Waals surface area contributed by atoms with Crippen molar-refractivity contribution >= 4 is 61.0 Å². The SMILES string of the molecule is C1=CC2c3cc4ccccc4cc3N(c3ccc(N(c4ccc5c(c4)c4ccccc4n5-c4ccccc4)c4ccccc4-c4ccccc4)cc3)C2C=C1. The third-order valence-corrected chi connectivity index (χ3v) is 11.5. The van der Waals surface area contributed by atoms with Crippen LogP contribution in [0.2, 0.25) is 0 Å². The Hall–Kier alpha value is -7.10. The van der Waals surface area contributed by atoms with Crippen LogP contribution in [0.3, 0.4) is 0 Å². The van der Waals surface area contributed by atoms with Gasteiger partial charge in [0.05, 0.1) is 22.8 Å². The lowest BCUT2D eigenvalue weighted by Gasteiger charge is -2.31. The summed E-state index contributed by atoms with van der Waals surface area (Å²) in [5, 5.41) is 5.01. The summed E-state index contributed by atoms with van der Waals surface area (Å²) in [5.74, 6) is 0.309. The van der Waals surface area contributed by atoms with E-state index in [1.54, 1.807) is 0 Å². The molecule has 2 atom stereocenters. The van der Waals surface area contributed by atoms with Gasteiger partial charge in [0.25, 0.3) is 0 Å². The minimum Gasteiger partial charge on any atom is -0.333 e. The van der Waals surface area contributed by atoms with Crippen molar-refractivity contribution in [2.75, 3.05) is 9.80 Å². The molecular weight excluding hydrogens is 667 g/mol. The Labute approximate surface area is 320 Å². The molecule has 55 heavy (non-hydrogen) atoms. The van der Waals surface area contributed by atoms with E-state index in [0.29, 0.717) is 5.92 Å². The Kier molecular flexibility index (Phi) is 7.31. The second kappa shape index (κ2) is 12.8. The van der Waals surface area contributed by atoms with Crippen LogP contribution in [-0.4, -0.2) is 10.6 Å². The van der Waals surface area contributed by atoms with Crippen molar-refractivity contribution in [1.29, 1.82) is 0 Å². The van der Waals surface area contributed by atoms with Gasteiger partial charge in [-0.25, -0.2) is 0 Å². The van der Waals surface area contributed by atoms with Crippen molar-refractivity contribution in [3.8, 4) is 16.8 Å². The van der Waals surface area contributed by atoms with Gasteiger partial charge < -0.3 is 14.4 Å². The zero-order valence-corrected chi connectivity index (χ0v) is 30.2. The van der Waals surface area contributed by atoms with E-state index in [0.717, 1.165) is 22.7 Å². The monoisotopic (exact) mass is 703 g/mol. The molecule has 1 aliphatic heterocycles. The Morgan fingerprint density at radius 2 is 1.11 bits per heavy atom. The summed E-state index contributed by atoms with van der Waals surface area (Å²) in [5.41, 5.74) is 13.1. The number of anilines is 5. The van der Waals surface area contributed by atoms with Gasteiger partial charge in [-0.05, 0) is 101 Å². The highest BCUT2D eigenvalue weighted by atomic mass is 15.2. The molecule has 0 saturated carbocycles. The second-order valence-electron chi connectivity index (χ2n) is 14.5. The predicted octanol–water partition coefficient (Wildman–Crippen LogP) is 13.8. The summed E-state index contributed by atoms with van der Waals surface area (Å²) in [7, 11) is 0. The number of fused-ring (bicyclic) bond motifs is 7. The minimum atomic E-state index is 0.224. The Balaban J connectivity index is 1.08. The van der Waals surface area contributed by atoms with Crippen LogP contribution >= 0.6 is 0 Å². The summed E-state index contributed by atoms with van der Waals surface area (Å²) in [6.07, 6.45) is 9.11. The van der Waals surface area contributed by atoms with Crippen molar-refractivity contribution in [3.05, 3.63) is 218 Å². The van der Waals surface area contributed by atoms with E-state index in [9.17, 15) is 0 Å². The maximum absolute atomic E-state index is 2.53. The molecule has 0 bridgehead atoms. The standard InChI is InChI=1S/C52H37N3/c1-3-15-36(16-4-1)43-21-9-12-24-48(43)53(42-31-32-51-47(35-42)45-23-11-13-25-49(45)54(51)39-19-5-2-6-20-39)40-27-29-41(30-28-40)55-50-26-14-10-22-44(50)46-33-37-17-7-8-18-38(37)34-52(46)55/h1-35,44,50H. The fraction of sp³-hybridized carbons (Fsp3) is 0.0385. The van der Waals surface area contributed by atoms with Gasteiger partial charge in [-0.1, -0.05) is 133 Å². The molecular formula is C52H37N3. The fourth-order valence-electron chi connectivity index (χ4n) is 9.00. The number of benzene rings is 8. The molecule has 0 amide bonds. The average Bonchev–Trinajstić information content (AvgIpc) is 3.76. The fourth-order valence-corrected chi connectivity index (χ4v) is 9.00. The molecule has 0 saturated heterocycles. The molecule has 260 valence electrons. The smallest absolute Gasteiger partial charge is 0.0629 e. The van der Waals surface area contributed by atoms with Crippen LogP contribution in [0, 0.1) is 0 Å². The highest BCUT2D eigenvalue weighted by Crippen LogP contribution is 2.50. The first-order chi connectivity index (χ1) is 27.3. The van der Waals surface area contributed by atoms with Crippen LogP contribution in [0.4, 0.5) is 28.4 Å². The minimum absolute atomic E-state index is 0.224. The van der Waals surface area contributed by atoms with Crippen LogP contribution in [0.25, 0.3) is 49.4 Å². The molecule has 0 N–H and O–H groups in total. The van der Waals surface area contributed by atoms with E-state index < -0.39 is 0 Å². The van der Waals surface area contributed by atoms with Crippen molar-refractivity contribution in [1.82, 2.24) is 4.57 Å². The number of hydrogen-bond donors (Lipinski definition) is 0. The predicted molar refractivity (Wildman–Crippen MR) is 232 cm³/mol. The highest BCUT2D eigenvalue weighted by Gasteiger charge is 2.37. The number of rotatable bonds is 6. The molecule has 3 heteroatoms. The van der Waals surface area contributed by atoms with Crippen LogP contribution in [0.15, 0.2) is 212 Å². The normalized spacial score (nSPS) is 15.8. The first-order valence-corrected chi connectivity index (χ1v) is 19.1. The second-order valence-corrected chi connectivity index (χ2v) is 14.5. The average molecular weight is 704 g/mol. The number of nitrogens with zero attached hydrogens (tertiary/aromatic N) is 3. The molecule has 1 aliphatic carbocycles. The van der Waals surface area contributed by atoms with Crippen molar-refractivity contribution < 1.29 is 0 Å². The summed E-state index contributed by atoms with van der Waals surface area (Å²) >= 11 is 0. The van der Waals surface area contributed by atoms with Crippen molar-refractivity contribution in [2.24, 2.45) is 0 Å². The summed E-state index contributed by atoms with van der Waals surface area (Å²) in [4.78, 5) is 4.96. The molecule has 3 nitrogen and oxygen atoms in total. The lowest BCUT2D eigenvalue weighted by Crippen LogP contribution is -2.28. The third-order valence-electron chi connectivity index (χ3n) is 11.5. The molecule has 1 aromatic heterocycles. The molecule has 8 aromatic carbocycles. The van der Waals surface area contributed by atoms with Crippen LogP contribution in [-0.2, 0) is 0 Å². The molecule has 0 radical (unpaired) electrons. The highest BCUT2D eigenvalue weighted by molar-refractivity contribution is 6.11. The summed E-state index contributed by atoms with van der Waals surface area (Å²) in [6, 6.07) is 68.8. The van der Waals surface area contributed by atoms with Crippen LogP contribution < -0.4 is 9.80 Å². The van der Waals surface area contributed by atoms with Gasteiger partial charge in [-0.3, -0.25) is 0 Å². The van der Waals surface area contributed by atoms with Crippen LogP contribution in [0.5, 0.6) is 0 Å². The maximum atomic E-state index is 2.53. The number of para-hydroxylation sites is 3. The lowest BCUT2D eigenvalue weighted by molar-refractivity contribution is 0.745. The zero-order chi connectivity index (χ0) is 36.3. The summed E-state index contributed by atoms with van der Waals surface area (Å²) < 4.78 is 2.38. The van der Waals surface area contributed by atoms with Gasteiger partial charge in [0.2, 0.25) is 0 Å². The van der Waals surface area contributed by atoms with Gasteiger partial charge >= 0.3 is 0 Å². The van der Waals surface area contributed by atoms with Crippen molar-refractivity contribution in [2.45, 2.75) is 12.0 Å². The molecule has 2 unspecified atom stereocenters. The largest absolute Gasteiger partial charge is 0.333 e. The Bertz CT molecular complexity index is 2940. The lowest BCUT2D eigenvalue weighted by atomic mass is 9.90. The van der Waals surface area contributed by atoms with E-state index in [1.165, 1.54) is 60.6 Å². The molecule has 0 fully saturated rings. The van der Waals surface area contributed by atoms with Gasteiger partial charge in [-0.2, -0.15) is 0 Å². The third kappa shape index (κ3) is 5.12. The van der Waals surface area contributed by atoms with Gasteiger partial charge in [0.1, 0.15) is 0 Å². The van der Waals surface area contributed by atoms with Gasteiger partial charge in [0, 0.05) is 50.7 Å². The van der Waals surface area contributed by atoms with Gasteiger partial charge in [0.15, 0.2) is 0 Å². The van der Waals surface area contributed by atoms with Crippen molar-refractivity contribution in [3.63, 3.8) is 0 Å². The quantitative estimate of drug-likeness (QED) is 0.171. The van der Waals surface area contributed by atoms with E-state index in [1.807, 2.05) is 0 Å². The molecule has 11 rings (SSSR count). The molecule has 2 aliphatic rings. The van der Waals surface area contributed by atoms with E-state index in [4.69, 9.17) is 0 Å². The zero-order valence-electron chi connectivity index (χ0n) is 30.2. The molecule has 0 spiro atoms. The molecule has 2 heterocycles. The first kappa shape index (κ1) is 31.4. The number of aromatic nitrogens is 1. The Morgan fingerprint density at radius 1 is 0.455 bits per heavy atom. The van der Waals surface area contributed by atoms with E-state index in [2.05, 4.69) is 227 Å². The molecule has 9 aromatic rings.